The molecular weight excluding hydrogens is 346 g/mol. The lowest BCUT2D eigenvalue weighted by Crippen LogP contribution is -2.49. The summed E-state index contributed by atoms with van der Waals surface area (Å²) in [6, 6.07) is 15.5. The number of hydrogen-bond acceptors (Lipinski definition) is 5. The minimum atomic E-state index is -3.57. The molecule has 0 saturated carbocycles. The smallest absolute Gasteiger partial charge is 0.341 e. The van der Waals surface area contributed by atoms with Crippen molar-refractivity contribution in [3.05, 3.63) is 84.1 Å². The van der Waals surface area contributed by atoms with E-state index in [0.717, 1.165) is 6.26 Å². The van der Waals surface area contributed by atoms with Crippen LogP contribution in [-0.2, 0) is 14.2 Å². The third-order valence-corrected chi connectivity index (χ3v) is 3.61. The van der Waals surface area contributed by atoms with Crippen molar-refractivity contribution in [2.45, 2.75) is 18.3 Å². The molecule has 0 spiro atoms. The highest BCUT2D eigenvalue weighted by Crippen LogP contribution is 2.32. The number of benzene rings is 2. The lowest BCUT2D eigenvalue weighted by Gasteiger charge is -2.32. The van der Waals surface area contributed by atoms with Gasteiger partial charge in [-0.15, -0.1) is 0 Å². The Labute approximate surface area is 147 Å². The molecule has 2 aromatic carbocycles. The van der Waals surface area contributed by atoms with Gasteiger partial charge in [-0.2, -0.15) is 8.78 Å². The fourth-order valence-electron chi connectivity index (χ4n) is 2.28. The van der Waals surface area contributed by atoms with Gasteiger partial charge in [0, 0.05) is 6.08 Å². The zero-order valence-corrected chi connectivity index (χ0v) is 13.4. The van der Waals surface area contributed by atoms with Crippen LogP contribution in [0.3, 0.4) is 0 Å². The van der Waals surface area contributed by atoms with Gasteiger partial charge in [0.2, 0.25) is 6.10 Å². The highest BCUT2D eigenvalue weighted by Gasteiger charge is 2.51. The number of hydrogen-bond donors (Lipinski definition) is 0. The van der Waals surface area contributed by atoms with Crippen molar-refractivity contribution in [3.63, 3.8) is 0 Å². The molecule has 1 aliphatic rings. The van der Waals surface area contributed by atoms with Crippen LogP contribution in [0.15, 0.2) is 73.0 Å². The molecule has 134 valence electrons. The van der Waals surface area contributed by atoms with E-state index in [-0.39, 0.29) is 11.1 Å². The first kappa shape index (κ1) is 17.6. The van der Waals surface area contributed by atoms with E-state index < -0.39 is 30.3 Å². The Morgan fingerprint density at radius 3 is 1.88 bits per heavy atom. The van der Waals surface area contributed by atoms with Crippen molar-refractivity contribution in [2.75, 3.05) is 0 Å². The summed E-state index contributed by atoms with van der Waals surface area (Å²) in [5, 5.41) is 0. The molecule has 0 bridgehead atoms. The molecule has 0 radical (unpaired) electrons. The minimum absolute atomic E-state index is 0.0889. The lowest BCUT2D eigenvalue weighted by molar-refractivity contribution is -0.211. The van der Waals surface area contributed by atoms with Gasteiger partial charge in [-0.25, -0.2) is 9.59 Å². The van der Waals surface area contributed by atoms with Crippen LogP contribution in [0, 0.1) is 0 Å². The monoisotopic (exact) mass is 360 g/mol. The highest BCUT2D eigenvalue weighted by atomic mass is 19.3. The second-order valence-corrected chi connectivity index (χ2v) is 5.45. The number of carbonyl (C=O) groups is 2. The SMILES string of the molecule is O=C(O[C@H]1OC=CC(F)(F)[C@@H]1OC(=O)c1ccccc1)c1ccccc1. The van der Waals surface area contributed by atoms with Crippen molar-refractivity contribution in [3.8, 4) is 0 Å². The zero-order chi connectivity index (χ0) is 18.6. The van der Waals surface area contributed by atoms with Crippen LogP contribution in [0.4, 0.5) is 8.78 Å². The summed E-state index contributed by atoms with van der Waals surface area (Å²) in [4.78, 5) is 24.2. The lowest BCUT2D eigenvalue weighted by atomic mass is 10.1. The molecule has 2 atom stereocenters. The maximum atomic E-state index is 14.2. The third-order valence-electron chi connectivity index (χ3n) is 3.61. The maximum Gasteiger partial charge on any atom is 0.341 e. The predicted octanol–water partition coefficient (Wildman–Crippen LogP) is 3.57. The Morgan fingerprint density at radius 2 is 1.35 bits per heavy atom. The van der Waals surface area contributed by atoms with Crippen LogP contribution >= 0.6 is 0 Å². The highest BCUT2D eigenvalue weighted by molar-refractivity contribution is 5.90. The van der Waals surface area contributed by atoms with Crippen molar-refractivity contribution in [1.29, 1.82) is 0 Å². The normalized spacial score (nSPS) is 20.7. The van der Waals surface area contributed by atoms with Gasteiger partial charge in [0.25, 0.3) is 6.29 Å². The number of esters is 2. The van der Waals surface area contributed by atoms with Gasteiger partial charge in [-0.3, -0.25) is 0 Å². The Balaban J connectivity index is 1.78. The number of rotatable bonds is 4. The van der Waals surface area contributed by atoms with E-state index in [1.54, 1.807) is 36.4 Å². The zero-order valence-electron chi connectivity index (χ0n) is 13.4. The Morgan fingerprint density at radius 1 is 0.846 bits per heavy atom. The molecule has 0 fully saturated rings. The van der Waals surface area contributed by atoms with Crippen LogP contribution in [0.2, 0.25) is 0 Å². The molecule has 26 heavy (non-hydrogen) atoms. The molecule has 0 amide bonds. The van der Waals surface area contributed by atoms with E-state index in [0.29, 0.717) is 6.08 Å². The van der Waals surface area contributed by atoms with Crippen LogP contribution in [-0.4, -0.2) is 30.3 Å². The largest absolute Gasteiger partial charge is 0.459 e. The van der Waals surface area contributed by atoms with Crippen LogP contribution in [0.25, 0.3) is 0 Å². The van der Waals surface area contributed by atoms with Gasteiger partial charge in [-0.1, -0.05) is 36.4 Å². The summed E-state index contributed by atoms with van der Waals surface area (Å²) in [5.41, 5.74) is 0.244. The molecule has 0 aliphatic carbocycles. The second-order valence-electron chi connectivity index (χ2n) is 5.45. The number of alkyl halides is 2. The molecule has 0 unspecified atom stereocenters. The van der Waals surface area contributed by atoms with E-state index >= 15 is 0 Å². The number of ether oxygens (including phenoxy) is 3. The fourth-order valence-corrected chi connectivity index (χ4v) is 2.28. The van der Waals surface area contributed by atoms with E-state index in [4.69, 9.17) is 14.2 Å². The van der Waals surface area contributed by atoms with E-state index in [9.17, 15) is 18.4 Å². The Kier molecular flexibility index (Phi) is 4.97. The minimum Gasteiger partial charge on any atom is -0.459 e. The molecule has 2 aromatic rings. The first-order valence-corrected chi connectivity index (χ1v) is 7.70. The first-order valence-electron chi connectivity index (χ1n) is 7.70. The molecule has 0 aromatic heterocycles. The fraction of sp³-hybridized carbons (Fsp3) is 0.158. The topological polar surface area (TPSA) is 61.8 Å². The van der Waals surface area contributed by atoms with Crippen LogP contribution in [0.1, 0.15) is 20.7 Å². The molecule has 1 heterocycles. The number of halogens is 2. The number of carbonyl (C=O) groups excluding carboxylic acids is 2. The van der Waals surface area contributed by atoms with Crippen molar-refractivity contribution in [1.82, 2.24) is 0 Å². The van der Waals surface area contributed by atoms with Crippen molar-refractivity contribution in [2.24, 2.45) is 0 Å². The van der Waals surface area contributed by atoms with E-state index in [2.05, 4.69) is 0 Å². The summed E-state index contributed by atoms with van der Waals surface area (Å²) >= 11 is 0. The van der Waals surface area contributed by atoms with Gasteiger partial charge in [0.1, 0.15) is 0 Å². The molecule has 0 N–H and O–H groups in total. The van der Waals surface area contributed by atoms with Gasteiger partial charge in [0.05, 0.1) is 17.4 Å². The third kappa shape index (κ3) is 3.88. The van der Waals surface area contributed by atoms with Crippen LogP contribution < -0.4 is 0 Å². The summed E-state index contributed by atoms with van der Waals surface area (Å²) in [7, 11) is 0. The molecule has 3 rings (SSSR count). The van der Waals surface area contributed by atoms with E-state index in [1.807, 2.05) is 0 Å². The molecule has 0 saturated heterocycles. The average molecular weight is 360 g/mol. The Hall–Kier alpha value is -3.22. The summed E-state index contributed by atoms with van der Waals surface area (Å²) in [6.07, 6.45) is -2.73. The predicted molar refractivity (Wildman–Crippen MR) is 86.5 cm³/mol. The van der Waals surface area contributed by atoms with Gasteiger partial charge in [-0.05, 0) is 24.3 Å². The quantitative estimate of drug-likeness (QED) is 0.780. The Bertz CT molecular complexity index is 805. The standard InChI is InChI=1S/C19H14F2O5/c20-19(21)11-12-24-18(26-17(23)14-9-5-2-6-10-14)15(19)25-16(22)13-7-3-1-4-8-13/h1-12,15,18H/t15-,18-/m1/s1. The van der Waals surface area contributed by atoms with Crippen molar-refractivity contribution < 1.29 is 32.6 Å². The second kappa shape index (κ2) is 7.35. The summed E-state index contributed by atoms with van der Waals surface area (Å²) in [6.45, 7) is 0. The van der Waals surface area contributed by atoms with Gasteiger partial charge >= 0.3 is 17.9 Å². The summed E-state index contributed by atoms with van der Waals surface area (Å²) in [5.74, 6) is -5.41. The molecule has 5 nitrogen and oxygen atoms in total. The van der Waals surface area contributed by atoms with E-state index in [1.165, 1.54) is 24.3 Å². The van der Waals surface area contributed by atoms with Crippen molar-refractivity contribution >= 4 is 11.9 Å². The summed E-state index contributed by atoms with van der Waals surface area (Å²) < 4.78 is 43.3. The average Bonchev–Trinajstić information content (AvgIpc) is 2.65. The van der Waals surface area contributed by atoms with Gasteiger partial charge < -0.3 is 14.2 Å². The molecule has 1 aliphatic heterocycles. The maximum absolute atomic E-state index is 14.2. The van der Waals surface area contributed by atoms with Gasteiger partial charge in [0.15, 0.2) is 0 Å². The molecular formula is C19H14F2O5. The first-order chi connectivity index (χ1) is 12.5. The van der Waals surface area contributed by atoms with Crippen LogP contribution in [0.5, 0.6) is 0 Å². The molecule has 7 heteroatoms.